The molecule has 1 aromatic rings. The van der Waals surface area contributed by atoms with Crippen molar-refractivity contribution in [2.45, 2.75) is 19.3 Å². The lowest BCUT2D eigenvalue weighted by Gasteiger charge is -1.97. The van der Waals surface area contributed by atoms with E-state index >= 15 is 0 Å². The van der Waals surface area contributed by atoms with Gasteiger partial charge in [0.25, 0.3) is 0 Å². The van der Waals surface area contributed by atoms with Gasteiger partial charge in [0.2, 0.25) is 0 Å². The molecular weight excluding hydrogens is 316 g/mol. The Morgan fingerprint density at radius 1 is 1.46 bits per heavy atom. The Hall–Kier alpha value is 0.330. The number of unbranched alkanes of at least 4 members (excludes halogenated alkanes) is 1. The lowest BCUT2D eigenvalue weighted by atomic mass is 10.1. The first kappa shape index (κ1) is 11.4. The summed E-state index contributed by atoms with van der Waals surface area (Å²) in [4.78, 5) is 12.4. The van der Waals surface area contributed by atoms with Crippen LogP contribution in [0, 0.1) is 0 Å². The number of Topliss-reactive ketones (excluding diaryl/α,β-unsaturated/α-hetero) is 1. The topological polar surface area (TPSA) is 17.1 Å². The summed E-state index contributed by atoms with van der Waals surface area (Å²) in [6.45, 7) is 0. The molecule has 0 fully saturated rings. The van der Waals surface area contributed by atoms with E-state index in [2.05, 4.69) is 31.9 Å². The first-order valence-corrected chi connectivity index (χ1v) is 6.87. The zero-order valence-electron chi connectivity index (χ0n) is 7.06. The van der Waals surface area contributed by atoms with Gasteiger partial charge in [-0.1, -0.05) is 15.9 Å². The van der Waals surface area contributed by atoms with Gasteiger partial charge in [-0.3, -0.25) is 4.79 Å². The van der Waals surface area contributed by atoms with Crippen LogP contribution in [-0.2, 0) is 0 Å². The van der Waals surface area contributed by atoms with Crippen molar-refractivity contribution in [1.82, 2.24) is 0 Å². The van der Waals surface area contributed by atoms with Gasteiger partial charge in [0.05, 0.1) is 4.88 Å². The SMILES string of the molecule is O=C(CCCCBr)c1sccc1Br. The van der Waals surface area contributed by atoms with Crippen molar-refractivity contribution < 1.29 is 4.79 Å². The van der Waals surface area contributed by atoms with E-state index < -0.39 is 0 Å². The van der Waals surface area contributed by atoms with Crippen LogP contribution in [0.4, 0.5) is 0 Å². The van der Waals surface area contributed by atoms with Crippen molar-refractivity contribution in [2.24, 2.45) is 0 Å². The molecule has 0 spiro atoms. The second-order valence-corrected chi connectivity index (χ2v) is 5.23. The highest BCUT2D eigenvalue weighted by Gasteiger charge is 2.10. The Bertz CT molecular complexity index is 283. The van der Waals surface area contributed by atoms with Gasteiger partial charge < -0.3 is 0 Å². The Labute approximate surface area is 98.8 Å². The largest absolute Gasteiger partial charge is 0.293 e. The minimum Gasteiger partial charge on any atom is -0.293 e. The van der Waals surface area contributed by atoms with E-state index in [1.54, 1.807) is 0 Å². The number of hydrogen-bond acceptors (Lipinski definition) is 2. The first-order valence-electron chi connectivity index (χ1n) is 4.08. The Kier molecular flexibility index (Phi) is 5.21. The van der Waals surface area contributed by atoms with Gasteiger partial charge in [-0.15, -0.1) is 11.3 Å². The maximum atomic E-state index is 11.6. The number of hydrogen-bond donors (Lipinski definition) is 0. The monoisotopic (exact) mass is 324 g/mol. The molecule has 0 aliphatic carbocycles. The van der Waals surface area contributed by atoms with E-state index in [0.717, 1.165) is 27.5 Å². The number of ketones is 1. The van der Waals surface area contributed by atoms with Crippen molar-refractivity contribution in [3.63, 3.8) is 0 Å². The fourth-order valence-electron chi connectivity index (χ4n) is 0.986. The Morgan fingerprint density at radius 3 is 2.77 bits per heavy atom. The Morgan fingerprint density at radius 2 is 2.23 bits per heavy atom. The van der Waals surface area contributed by atoms with E-state index in [1.165, 1.54) is 11.3 Å². The average Bonchev–Trinajstić information content (AvgIpc) is 2.52. The number of rotatable bonds is 5. The highest BCUT2D eigenvalue weighted by atomic mass is 79.9. The van der Waals surface area contributed by atoms with E-state index in [0.29, 0.717) is 6.42 Å². The minimum absolute atomic E-state index is 0.253. The van der Waals surface area contributed by atoms with Crippen molar-refractivity contribution in [1.29, 1.82) is 0 Å². The van der Waals surface area contributed by atoms with Gasteiger partial charge in [0.15, 0.2) is 5.78 Å². The van der Waals surface area contributed by atoms with Gasteiger partial charge in [0.1, 0.15) is 0 Å². The maximum absolute atomic E-state index is 11.6. The molecule has 0 amide bonds. The maximum Gasteiger partial charge on any atom is 0.173 e. The third kappa shape index (κ3) is 3.52. The molecule has 0 saturated carbocycles. The quantitative estimate of drug-likeness (QED) is 0.449. The van der Waals surface area contributed by atoms with Crippen LogP contribution in [-0.4, -0.2) is 11.1 Å². The molecule has 0 saturated heterocycles. The molecular formula is C9H10Br2OS. The molecule has 0 aliphatic rings. The lowest BCUT2D eigenvalue weighted by molar-refractivity contribution is 0.0983. The van der Waals surface area contributed by atoms with Crippen LogP contribution >= 0.6 is 43.2 Å². The lowest BCUT2D eigenvalue weighted by Crippen LogP contribution is -1.96. The normalized spacial score (nSPS) is 10.3. The third-order valence-corrected chi connectivity index (χ3v) is 4.10. The molecule has 0 aromatic carbocycles. The number of halogens is 2. The smallest absolute Gasteiger partial charge is 0.173 e. The molecule has 1 heterocycles. The number of carbonyl (C=O) groups excluding carboxylic acids is 1. The zero-order chi connectivity index (χ0) is 9.68. The third-order valence-electron chi connectivity index (χ3n) is 1.66. The number of alkyl halides is 1. The average molecular weight is 326 g/mol. The molecule has 0 aliphatic heterocycles. The van der Waals surface area contributed by atoms with Crippen LogP contribution in [0.5, 0.6) is 0 Å². The van der Waals surface area contributed by atoms with E-state index in [4.69, 9.17) is 0 Å². The van der Waals surface area contributed by atoms with Crippen LogP contribution in [0.3, 0.4) is 0 Å². The zero-order valence-corrected chi connectivity index (χ0v) is 11.0. The minimum atomic E-state index is 0.253. The van der Waals surface area contributed by atoms with Gasteiger partial charge in [-0.2, -0.15) is 0 Å². The summed E-state index contributed by atoms with van der Waals surface area (Å²) < 4.78 is 0.932. The molecule has 0 unspecified atom stereocenters. The van der Waals surface area contributed by atoms with Crippen molar-refractivity contribution >= 4 is 49.0 Å². The highest BCUT2D eigenvalue weighted by Crippen LogP contribution is 2.24. The van der Waals surface area contributed by atoms with E-state index in [-0.39, 0.29) is 5.78 Å². The van der Waals surface area contributed by atoms with Crippen LogP contribution in [0.1, 0.15) is 28.9 Å². The molecule has 0 bridgehead atoms. The summed E-state index contributed by atoms with van der Waals surface area (Å²) in [5.74, 6) is 0.253. The fourth-order valence-corrected chi connectivity index (χ4v) is 2.95. The van der Waals surface area contributed by atoms with Crippen LogP contribution in [0.2, 0.25) is 0 Å². The van der Waals surface area contributed by atoms with E-state index in [9.17, 15) is 4.79 Å². The van der Waals surface area contributed by atoms with Crippen molar-refractivity contribution in [3.8, 4) is 0 Å². The molecule has 1 aromatic heterocycles. The second-order valence-electron chi connectivity index (χ2n) is 2.67. The summed E-state index contributed by atoms with van der Waals surface area (Å²) in [6, 6.07) is 1.92. The first-order chi connectivity index (χ1) is 6.25. The number of carbonyl (C=O) groups is 1. The van der Waals surface area contributed by atoms with E-state index in [1.807, 2.05) is 11.4 Å². The molecule has 0 atom stereocenters. The summed E-state index contributed by atoms with van der Waals surface area (Å²) in [5, 5.41) is 2.91. The standard InChI is InChI=1S/C9H10Br2OS/c10-5-2-1-3-8(12)9-7(11)4-6-13-9/h4,6H,1-3,5H2. The van der Waals surface area contributed by atoms with Gasteiger partial charge >= 0.3 is 0 Å². The van der Waals surface area contributed by atoms with Gasteiger partial charge in [-0.05, 0) is 40.2 Å². The predicted molar refractivity (Wildman–Crippen MR) is 64.0 cm³/mol. The summed E-state index contributed by atoms with van der Waals surface area (Å²) >= 11 is 8.21. The molecule has 1 rings (SSSR count). The molecule has 4 heteroatoms. The number of thiophene rings is 1. The molecule has 13 heavy (non-hydrogen) atoms. The van der Waals surface area contributed by atoms with Crippen LogP contribution in [0.25, 0.3) is 0 Å². The molecule has 0 N–H and O–H groups in total. The molecule has 0 radical (unpaired) electrons. The highest BCUT2D eigenvalue weighted by molar-refractivity contribution is 9.10. The fraction of sp³-hybridized carbons (Fsp3) is 0.444. The Balaban J connectivity index is 2.45. The summed E-state index contributed by atoms with van der Waals surface area (Å²) in [7, 11) is 0. The molecule has 1 nitrogen and oxygen atoms in total. The summed E-state index contributed by atoms with van der Waals surface area (Å²) in [6.07, 6.45) is 2.69. The molecule has 72 valence electrons. The van der Waals surface area contributed by atoms with Crippen LogP contribution in [0.15, 0.2) is 15.9 Å². The van der Waals surface area contributed by atoms with Gasteiger partial charge in [-0.25, -0.2) is 0 Å². The van der Waals surface area contributed by atoms with Crippen molar-refractivity contribution in [3.05, 3.63) is 20.8 Å². The second kappa shape index (κ2) is 5.94. The summed E-state index contributed by atoms with van der Waals surface area (Å²) in [5.41, 5.74) is 0. The van der Waals surface area contributed by atoms with Crippen molar-refractivity contribution in [2.75, 3.05) is 5.33 Å². The predicted octanol–water partition coefficient (Wildman–Crippen LogP) is 4.26. The van der Waals surface area contributed by atoms with Gasteiger partial charge in [0, 0.05) is 16.2 Å². The van der Waals surface area contributed by atoms with Crippen LogP contribution < -0.4 is 0 Å².